The SMILES string of the molecule is COc1ccc(Br)c(NS(=O)(=O)c2ccc(F)cc2N)c1. The normalized spacial score (nSPS) is 11.2. The molecule has 0 unspecified atom stereocenters. The molecule has 0 amide bonds. The maximum absolute atomic E-state index is 13.0. The van der Waals surface area contributed by atoms with E-state index in [4.69, 9.17) is 10.5 Å². The summed E-state index contributed by atoms with van der Waals surface area (Å²) in [6.07, 6.45) is 0. The summed E-state index contributed by atoms with van der Waals surface area (Å²) < 4.78 is 45.6. The number of nitrogens with two attached hydrogens (primary N) is 1. The van der Waals surface area contributed by atoms with Gasteiger partial charge < -0.3 is 10.5 Å². The maximum Gasteiger partial charge on any atom is 0.263 e. The molecule has 2 aromatic rings. The first-order chi connectivity index (χ1) is 9.83. The van der Waals surface area contributed by atoms with E-state index >= 15 is 0 Å². The summed E-state index contributed by atoms with van der Waals surface area (Å²) in [7, 11) is -2.46. The van der Waals surface area contributed by atoms with E-state index in [9.17, 15) is 12.8 Å². The molecular formula is C13H12BrFN2O3S. The van der Waals surface area contributed by atoms with Crippen LogP contribution in [0.2, 0.25) is 0 Å². The molecule has 0 aliphatic rings. The lowest BCUT2D eigenvalue weighted by Gasteiger charge is -2.12. The Balaban J connectivity index is 2.42. The molecule has 0 aliphatic carbocycles. The Labute approximate surface area is 130 Å². The lowest BCUT2D eigenvalue weighted by Crippen LogP contribution is -2.15. The fourth-order valence-corrected chi connectivity index (χ4v) is 3.34. The molecule has 2 rings (SSSR count). The van der Waals surface area contributed by atoms with Crippen LogP contribution in [-0.2, 0) is 10.0 Å². The zero-order valence-corrected chi connectivity index (χ0v) is 13.3. The Hall–Kier alpha value is -1.80. The number of ether oxygens (including phenoxy) is 1. The van der Waals surface area contributed by atoms with Crippen molar-refractivity contribution < 1.29 is 17.5 Å². The highest BCUT2D eigenvalue weighted by molar-refractivity contribution is 9.10. The van der Waals surface area contributed by atoms with Crippen LogP contribution in [0, 0.1) is 5.82 Å². The van der Waals surface area contributed by atoms with Gasteiger partial charge in [-0.2, -0.15) is 0 Å². The van der Waals surface area contributed by atoms with Crippen molar-refractivity contribution in [2.75, 3.05) is 17.6 Å². The number of rotatable bonds is 4. The Morgan fingerprint density at radius 2 is 1.95 bits per heavy atom. The quantitative estimate of drug-likeness (QED) is 0.806. The lowest BCUT2D eigenvalue weighted by atomic mass is 10.3. The number of methoxy groups -OCH3 is 1. The van der Waals surface area contributed by atoms with Crippen molar-refractivity contribution in [1.82, 2.24) is 0 Å². The number of sulfonamides is 1. The molecule has 2 aromatic carbocycles. The van der Waals surface area contributed by atoms with Crippen LogP contribution in [0.4, 0.5) is 15.8 Å². The van der Waals surface area contributed by atoms with Crippen LogP contribution in [0.25, 0.3) is 0 Å². The van der Waals surface area contributed by atoms with Crippen molar-refractivity contribution in [3.8, 4) is 5.75 Å². The van der Waals surface area contributed by atoms with E-state index in [-0.39, 0.29) is 16.3 Å². The molecule has 0 bridgehead atoms. The summed E-state index contributed by atoms with van der Waals surface area (Å²) in [6, 6.07) is 7.93. The zero-order chi connectivity index (χ0) is 15.6. The van der Waals surface area contributed by atoms with Gasteiger partial charge in [0.25, 0.3) is 10.0 Å². The van der Waals surface area contributed by atoms with Crippen LogP contribution in [0.15, 0.2) is 45.8 Å². The van der Waals surface area contributed by atoms with E-state index in [1.165, 1.54) is 13.2 Å². The van der Waals surface area contributed by atoms with Crippen LogP contribution < -0.4 is 15.2 Å². The summed E-state index contributed by atoms with van der Waals surface area (Å²) in [5.41, 5.74) is 5.68. The average molecular weight is 375 g/mol. The Morgan fingerprint density at radius 3 is 2.57 bits per heavy atom. The van der Waals surface area contributed by atoms with Gasteiger partial charge in [0.2, 0.25) is 0 Å². The second-order valence-electron chi connectivity index (χ2n) is 4.13. The second kappa shape index (κ2) is 5.90. The summed E-state index contributed by atoms with van der Waals surface area (Å²) in [4.78, 5) is -0.196. The fraction of sp³-hybridized carbons (Fsp3) is 0.0769. The molecule has 0 fully saturated rings. The summed E-state index contributed by atoms with van der Waals surface area (Å²) >= 11 is 3.24. The van der Waals surface area contributed by atoms with Gasteiger partial charge in [0.15, 0.2) is 0 Å². The standard InChI is InChI=1S/C13H12BrFN2O3S/c1-20-9-3-4-10(14)12(7-9)17-21(18,19)13-5-2-8(15)6-11(13)16/h2-7,17H,16H2,1H3. The minimum atomic E-state index is -3.94. The predicted octanol–water partition coefficient (Wildman–Crippen LogP) is 2.98. The first-order valence-electron chi connectivity index (χ1n) is 5.75. The molecule has 0 saturated heterocycles. The van der Waals surface area contributed by atoms with Crippen molar-refractivity contribution >= 4 is 37.3 Å². The number of nitrogen functional groups attached to an aromatic ring is 1. The lowest BCUT2D eigenvalue weighted by molar-refractivity contribution is 0.415. The molecule has 0 aliphatic heterocycles. The molecule has 8 heteroatoms. The number of anilines is 2. The van der Waals surface area contributed by atoms with Gasteiger partial charge in [0, 0.05) is 10.5 Å². The van der Waals surface area contributed by atoms with Gasteiger partial charge in [-0.15, -0.1) is 0 Å². The molecule has 0 heterocycles. The van der Waals surface area contributed by atoms with Crippen LogP contribution in [-0.4, -0.2) is 15.5 Å². The number of hydrogen-bond donors (Lipinski definition) is 2. The minimum absolute atomic E-state index is 0.165. The van der Waals surface area contributed by atoms with Gasteiger partial charge in [-0.1, -0.05) is 0 Å². The topological polar surface area (TPSA) is 81.4 Å². The van der Waals surface area contributed by atoms with Gasteiger partial charge in [-0.25, -0.2) is 12.8 Å². The van der Waals surface area contributed by atoms with Crippen LogP contribution in [0.3, 0.4) is 0 Å². The van der Waals surface area contributed by atoms with E-state index in [1.807, 2.05) is 0 Å². The van der Waals surface area contributed by atoms with Crippen molar-refractivity contribution in [1.29, 1.82) is 0 Å². The molecular weight excluding hydrogens is 363 g/mol. The van der Waals surface area contributed by atoms with Crippen molar-refractivity contribution in [2.24, 2.45) is 0 Å². The highest BCUT2D eigenvalue weighted by atomic mass is 79.9. The highest BCUT2D eigenvalue weighted by Crippen LogP contribution is 2.30. The van der Waals surface area contributed by atoms with Crippen molar-refractivity contribution in [3.63, 3.8) is 0 Å². The van der Waals surface area contributed by atoms with Crippen LogP contribution in [0.1, 0.15) is 0 Å². The first-order valence-corrected chi connectivity index (χ1v) is 8.02. The third kappa shape index (κ3) is 3.45. The molecule has 0 atom stereocenters. The van der Waals surface area contributed by atoms with Gasteiger partial charge in [0.1, 0.15) is 16.5 Å². The second-order valence-corrected chi connectivity index (χ2v) is 6.64. The number of halogens is 2. The van der Waals surface area contributed by atoms with Crippen molar-refractivity contribution in [2.45, 2.75) is 4.90 Å². The molecule has 5 nitrogen and oxygen atoms in total. The van der Waals surface area contributed by atoms with E-state index in [1.54, 1.807) is 12.1 Å². The van der Waals surface area contributed by atoms with Gasteiger partial charge in [0.05, 0.1) is 18.5 Å². The van der Waals surface area contributed by atoms with E-state index in [2.05, 4.69) is 20.7 Å². The van der Waals surface area contributed by atoms with Crippen molar-refractivity contribution in [3.05, 3.63) is 46.7 Å². The van der Waals surface area contributed by atoms with Gasteiger partial charge >= 0.3 is 0 Å². The summed E-state index contributed by atoms with van der Waals surface area (Å²) in [5.74, 6) is -0.114. The Bertz CT molecular complexity index is 781. The number of benzene rings is 2. The fourth-order valence-electron chi connectivity index (χ4n) is 1.67. The Morgan fingerprint density at radius 1 is 1.24 bits per heavy atom. The molecule has 0 aromatic heterocycles. The molecule has 0 saturated carbocycles. The first kappa shape index (κ1) is 15.6. The maximum atomic E-state index is 13.0. The third-order valence-corrected chi connectivity index (χ3v) is 4.81. The minimum Gasteiger partial charge on any atom is -0.497 e. The largest absolute Gasteiger partial charge is 0.497 e. The van der Waals surface area contributed by atoms with Gasteiger partial charge in [-0.3, -0.25) is 4.72 Å². The third-order valence-electron chi connectivity index (χ3n) is 2.68. The molecule has 3 N–H and O–H groups in total. The Kier molecular flexibility index (Phi) is 4.38. The van der Waals surface area contributed by atoms with Crippen LogP contribution in [0.5, 0.6) is 5.75 Å². The molecule has 112 valence electrons. The average Bonchev–Trinajstić information content (AvgIpc) is 2.40. The number of hydrogen-bond acceptors (Lipinski definition) is 4. The molecule has 0 radical (unpaired) electrons. The summed E-state index contributed by atoms with van der Waals surface area (Å²) in [5, 5.41) is 0. The van der Waals surface area contributed by atoms with Crippen LogP contribution >= 0.6 is 15.9 Å². The monoisotopic (exact) mass is 374 g/mol. The van der Waals surface area contributed by atoms with E-state index in [0.29, 0.717) is 10.2 Å². The zero-order valence-electron chi connectivity index (χ0n) is 10.9. The molecule has 0 spiro atoms. The number of nitrogens with one attached hydrogen (secondary N) is 1. The smallest absolute Gasteiger partial charge is 0.263 e. The van der Waals surface area contributed by atoms with E-state index < -0.39 is 15.8 Å². The van der Waals surface area contributed by atoms with E-state index in [0.717, 1.165) is 18.2 Å². The molecule has 21 heavy (non-hydrogen) atoms. The van der Waals surface area contributed by atoms with Gasteiger partial charge in [-0.05, 0) is 46.3 Å². The summed E-state index contributed by atoms with van der Waals surface area (Å²) in [6.45, 7) is 0. The predicted molar refractivity (Wildman–Crippen MR) is 82.3 cm³/mol. The highest BCUT2D eigenvalue weighted by Gasteiger charge is 2.19.